The minimum atomic E-state index is -0.705. The Labute approximate surface area is 230 Å². The van der Waals surface area contributed by atoms with Crippen LogP contribution in [0, 0.1) is 5.92 Å². The maximum Gasteiger partial charge on any atom is 0.224 e. The third-order valence-electron chi connectivity index (χ3n) is 7.69. The number of nitrogens with one attached hydrogen (secondary N) is 1. The van der Waals surface area contributed by atoms with Crippen LogP contribution in [0.15, 0.2) is 54.6 Å². The first-order valence-corrected chi connectivity index (χ1v) is 14.1. The number of rotatable bonds is 6. The van der Waals surface area contributed by atoms with Gasteiger partial charge in [-0.2, -0.15) is 0 Å². The molecular weight excluding hydrogens is 494 g/mol. The van der Waals surface area contributed by atoms with Crippen LogP contribution in [0.5, 0.6) is 5.75 Å². The molecule has 8 nitrogen and oxygen atoms in total. The zero-order chi connectivity index (χ0) is 27.6. The fourth-order valence-corrected chi connectivity index (χ4v) is 5.46. The van der Waals surface area contributed by atoms with Crippen molar-refractivity contribution in [2.45, 2.75) is 69.9 Å². The average Bonchev–Trinajstić information content (AvgIpc) is 3.38. The Morgan fingerprint density at radius 2 is 1.82 bits per heavy atom. The van der Waals surface area contributed by atoms with Gasteiger partial charge < -0.3 is 20.7 Å². The number of benzene rings is 2. The van der Waals surface area contributed by atoms with Crippen molar-refractivity contribution >= 4 is 23.4 Å². The van der Waals surface area contributed by atoms with E-state index in [4.69, 9.17) is 10.5 Å². The molecule has 2 aliphatic heterocycles. The number of nitrogens with zero attached hydrogens (tertiary/aromatic N) is 1. The van der Waals surface area contributed by atoms with Crippen LogP contribution in [0.25, 0.3) is 0 Å². The number of carbonyl (C=O) groups excluding carboxylic acids is 4. The summed E-state index contributed by atoms with van der Waals surface area (Å²) in [6.07, 6.45) is 4.42. The third-order valence-corrected chi connectivity index (χ3v) is 7.69. The van der Waals surface area contributed by atoms with Crippen LogP contribution in [0.3, 0.4) is 0 Å². The summed E-state index contributed by atoms with van der Waals surface area (Å²) in [4.78, 5) is 54.5. The molecule has 8 heteroatoms. The molecule has 1 fully saturated rings. The smallest absolute Gasteiger partial charge is 0.224 e. The van der Waals surface area contributed by atoms with Crippen LogP contribution in [0.4, 0.5) is 0 Å². The number of fused-ring (bicyclic) bond motifs is 2. The van der Waals surface area contributed by atoms with Gasteiger partial charge in [-0.3, -0.25) is 19.2 Å². The Morgan fingerprint density at radius 1 is 1.00 bits per heavy atom. The van der Waals surface area contributed by atoms with E-state index < -0.39 is 18.0 Å². The number of hydrogen-bond donors (Lipinski definition) is 2. The van der Waals surface area contributed by atoms with Gasteiger partial charge in [0, 0.05) is 31.7 Å². The molecule has 2 amide bonds. The highest BCUT2D eigenvalue weighted by Crippen LogP contribution is 2.24. The number of Topliss-reactive ketones (excluding diaryl/α,β-unsaturated/α-hetero) is 2. The highest BCUT2D eigenvalue weighted by molar-refractivity contribution is 5.95. The van der Waals surface area contributed by atoms with E-state index in [1.54, 1.807) is 4.90 Å². The van der Waals surface area contributed by atoms with Crippen LogP contribution in [-0.2, 0) is 32.0 Å². The summed E-state index contributed by atoms with van der Waals surface area (Å²) in [5.74, 6) is -0.641. The van der Waals surface area contributed by atoms with Gasteiger partial charge in [-0.1, -0.05) is 42.5 Å². The monoisotopic (exact) mass is 533 g/mol. The minimum absolute atomic E-state index is 0.00710. The Bertz CT molecular complexity index is 1150. The lowest BCUT2D eigenvalue weighted by atomic mass is 9.89. The number of carbonyl (C=O) groups is 4. The number of nitrogens with two attached hydrogens (primary N) is 1. The molecule has 0 saturated carbocycles. The number of hydrogen-bond acceptors (Lipinski definition) is 6. The summed E-state index contributed by atoms with van der Waals surface area (Å²) >= 11 is 0. The molecule has 0 aliphatic carbocycles. The van der Waals surface area contributed by atoms with Crippen LogP contribution in [0.2, 0.25) is 0 Å². The maximum atomic E-state index is 13.9. The number of amides is 2. The molecule has 3 N–H and O–H groups in total. The van der Waals surface area contributed by atoms with Crippen molar-refractivity contribution in [3.63, 3.8) is 0 Å². The van der Waals surface area contributed by atoms with Crippen molar-refractivity contribution in [2.24, 2.45) is 11.7 Å². The molecule has 2 bridgehead atoms. The van der Waals surface area contributed by atoms with Gasteiger partial charge in [0.2, 0.25) is 11.8 Å². The van der Waals surface area contributed by atoms with E-state index in [2.05, 4.69) is 5.32 Å². The molecule has 2 aliphatic rings. The Kier molecular flexibility index (Phi) is 10.3. The summed E-state index contributed by atoms with van der Waals surface area (Å²) in [5.41, 5.74) is 7.64. The second-order valence-electron chi connectivity index (χ2n) is 10.5. The van der Waals surface area contributed by atoms with E-state index in [9.17, 15) is 19.2 Å². The normalized spacial score (nSPS) is 23.3. The van der Waals surface area contributed by atoms with Gasteiger partial charge in [0.05, 0.1) is 25.2 Å². The lowest BCUT2D eigenvalue weighted by Crippen LogP contribution is -2.48. The van der Waals surface area contributed by atoms with Crippen molar-refractivity contribution < 1.29 is 23.9 Å². The van der Waals surface area contributed by atoms with Gasteiger partial charge in [-0.15, -0.1) is 0 Å². The molecule has 0 radical (unpaired) electrons. The fourth-order valence-electron chi connectivity index (χ4n) is 5.46. The first-order chi connectivity index (χ1) is 18.9. The Balaban J connectivity index is 1.63. The highest BCUT2D eigenvalue weighted by atomic mass is 16.5. The average molecular weight is 534 g/mol. The van der Waals surface area contributed by atoms with Gasteiger partial charge in [-0.05, 0) is 61.8 Å². The fraction of sp³-hybridized carbons (Fsp3) is 0.484. The van der Waals surface area contributed by atoms with Gasteiger partial charge in [0.1, 0.15) is 5.75 Å². The lowest BCUT2D eigenvalue weighted by Gasteiger charge is -2.29. The Morgan fingerprint density at radius 3 is 2.56 bits per heavy atom. The maximum absolute atomic E-state index is 13.9. The molecular formula is C31H39N3O5. The van der Waals surface area contributed by atoms with Gasteiger partial charge in [0.15, 0.2) is 11.6 Å². The van der Waals surface area contributed by atoms with Crippen LogP contribution in [-0.4, -0.2) is 60.1 Å². The summed E-state index contributed by atoms with van der Waals surface area (Å²) in [5, 5.41) is 2.91. The van der Waals surface area contributed by atoms with E-state index in [-0.39, 0.29) is 36.3 Å². The largest absolute Gasteiger partial charge is 0.494 e. The second kappa shape index (κ2) is 14.0. The predicted molar refractivity (Wildman–Crippen MR) is 148 cm³/mol. The molecule has 2 aromatic rings. The van der Waals surface area contributed by atoms with Gasteiger partial charge >= 0.3 is 0 Å². The molecule has 0 unspecified atom stereocenters. The van der Waals surface area contributed by atoms with E-state index >= 15 is 0 Å². The number of likely N-dealkylation sites (tertiary alicyclic amines) is 1. The zero-order valence-electron chi connectivity index (χ0n) is 22.5. The summed E-state index contributed by atoms with van der Waals surface area (Å²) in [7, 11) is 0. The van der Waals surface area contributed by atoms with E-state index in [0.717, 1.165) is 17.5 Å². The molecule has 2 heterocycles. The van der Waals surface area contributed by atoms with E-state index in [1.807, 2.05) is 54.6 Å². The first kappa shape index (κ1) is 28.5. The minimum Gasteiger partial charge on any atom is -0.494 e. The summed E-state index contributed by atoms with van der Waals surface area (Å²) in [6.45, 7) is 0.827. The van der Waals surface area contributed by atoms with Crippen LogP contribution in [0.1, 0.15) is 56.1 Å². The number of aryl methyl sites for hydroxylation is 1. The number of ether oxygens (including phenoxy) is 1. The van der Waals surface area contributed by atoms with Crippen LogP contribution >= 0.6 is 0 Å². The lowest BCUT2D eigenvalue weighted by molar-refractivity contribution is -0.138. The van der Waals surface area contributed by atoms with Crippen LogP contribution < -0.4 is 15.8 Å². The van der Waals surface area contributed by atoms with Crippen molar-refractivity contribution in [1.29, 1.82) is 0 Å². The van der Waals surface area contributed by atoms with Crippen molar-refractivity contribution in [2.75, 3.05) is 19.7 Å². The van der Waals surface area contributed by atoms with E-state index in [0.29, 0.717) is 63.8 Å². The van der Waals surface area contributed by atoms with Gasteiger partial charge in [0.25, 0.3) is 0 Å². The molecule has 0 aromatic heterocycles. The van der Waals surface area contributed by atoms with Crippen molar-refractivity contribution in [3.8, 4) is 5.75 Å². The third kappa shape index (κ3) is 7.99. The molecule has 0 spiro atoms. The molecule has 1 saturated heterocycles. The predicted octanol–water partition coefficient (Wildman–Crippen LogP) is 3.00. The van der Waals surface area contributed by atoms with Crippen molar-refractivity contribution in [1.82, 2.24) is 10.2 Å². The molecule has 2 aromatic carbocycles. The van der Waals surface area contributed by atoms with Gasteiger partial charge in [-0.25, -0.2) is 0 Å². The molecule has 208 valence electrons. The Hall–Kier alpha value is -3.52. The summed E-state index contributed by atoms with van der Waals surface area (Å²) in [6, 6.07) is 16.1. The SMILES string of the molecule is NCC(=O)[C@@H]1CCCCOc2cccc(c2)C[C@H](N2CCCC2=O)C(=O)C[C@@H](CCc2ccccc2)C(=O)N1. The second-order valence-corrected chi connectivity index (χ2v) is 10.5. The van der Waals surface area contributed by atoms with E-state index in [1.165, 1.54) is 0 Å². The summed E-state index contributed by atoms with van der Waals surface area (Å²) < 4.78 is 5.93. The number of ketones is 2. The zero-order valence-corrected chi connectivity index (χ0v) is 22.5. The quantitative estimate of drug-likeness (QED) is 0.589. The molecule has 39 heavy (non-hydrogen) atoms. The topological polar surface area (TPSA) is 119 Å². The molecule has 4 rings (SSSR count). The first-order valence-electron chi connectivity index (χ1n) is 14.1. The standard InChI is InChI=1S/C31H39N3O5/c32-21-29(36)26-12-4-5-17-39-25-11-6-10-23(18-25)19-27(34-16-7-13-30(34)37)28(35)20-24(31(38)33-26)15-14-22-8-2-1-3-9-22/h1-3,6,8-11,18,24,26-27H,4-5,7,12-17,19-21,32H2,(H,33,38)/t24-,26+,27+/m1/s1. The van der Waals surface area contributed by atoms with Crippen molar-refractivity contribution in [3.05, 3.63) is 65.7 Å². The molecule has 3 atom stereocenters. The highest BCUT2D eigenvalue weighted by Gasteiger charge is 2.35.